The summed E-state index contributed by atoms with van der Waals surface area (Å²) in [7, 11) is 0. The Bertz CT molecular complexity index is 1140. The van der Waals surface area contributed by atoms with Gasteiger partial charge in [0.2, 0.25) is 12.2 Å². The van der Waals surface area contributed by atoms with E-state index in [0.717, 1.165) is 15.3 Å². The third-order valence-corrected chi connectivity index (χ3v) is 6.73. The van der Waals surface area contributed by atoms with Crippen molar-refractivity contribution in [3.05, 3.63) is 75.6 Å². The zero-order chi connectivity index (χ0) is 23.7. The first kappa shape index (κ1) is 23.6. The molecule has 3 aromatic rings. The maximum absolute atomic E-state index is 13.1. The SMILES string of the molecule is O=C(O)OC1OC(c2ccc(Cl)c(Cc3ccc(-c4ccc(F)nc4)s3)c2)C(O)C(O)C1O. The molecule has 1 aliphatic rings. The van der Waals surface area contributed by atoms with E-state index in [2.05, 4.69) is 9.72 Å². The van der Waals surface area contributed by atoms with Gasteiger partial charge in [0.05, 0.1) is 0 Å². The number of aliphatic hydroxyl groups is 3. The van der Waals surface area contributed by atoms with Crippen molar-refractivity contribution in [2.45, 2.75) is 37.1 Å². The summed E-state index contributed by atoms with van der Waals surface area (Å²) >= 11 is 7.86. The maximum atomic E-state index is 13.1. The summed E-state index contributed by atoms with van der Waals surface area (Å²) in [6.07, 6.45) is -7.58. The molecule has 5 unspecified atom stereocenters. The highest BCUT2D eigenvalue weighted by Gasteiger charge is 2.46. The molecule has 1 fully saturated rings. The van der Waals surface area contributed by atoms with E-state index in [1.807, 2.05) is 12.1 Å². The van der Waals surface area contributed by atoms with Gasteiger partial charge in [0, 0.05) is 33.0 Å². The fourth-order valence-electron chi connectivity index (χ4n) is 3.56. The molecule has 4 N–H and O–H groups in total. The zero-order valence-corrected chi connectivity index (χ0v) is 18.4. The van der Waals surface area contributed by atoms with E-state index < -0.39 is 42.8 Å². The summed E-state index contributed by atoms with van der Waals surface area (Å²) in [6, 6.07) is 11.6. The Morgan fingerprint density at radius 3 is 2.61 bits per heavy atom. The molecule has 174 valence electrons. The molecule has 0 radical (unpaired) electrons. The van der Waals surface area contributed by atoms with E-state index in [0.29, 0.717) is 22.6 Å². The summed E-state index contributed by atoms with van der Waals surface area (Å²) in [5.41, 5.74) is 1.90. The molecule has 1 saturated heterocycles. The number of rotatable bonds is 5. The molecular formula is C22H19ClFNO7S. The topological polar surface area (TPSA) is 129 Å². The van der Waals surface area contributed by atoms with Crippen LogP contribution < -0.4 is 0 Å². The van der Waals surface area contributed by atoms with Gasteiger partial charge in [0.25, 0.3) is 0 Å². The van der Waals surface area contributed by atoms with Crippen molar-refractivity contribution in [3.8, 4) is 10.4 Å². The molecule has 33 heavy (non-hydrogen) atoms. The summed E-state index contributed by atoms with van der Waals surface area (Å²) in [5, 5.41) is 39.8. The van der Waals surface area contributed by atoms with Gasteiger partial charge < -0.3 is 29.9 Å². The first-order valence-corrected chi connectivity index (χ1v) is 11.0. The number of hydrogen-bond acceptors (Lipinski definition) is 8. The first-order chi connectivity index (χ1) is 15.7. The number of carbonyl (C=O) groups is 1. The highest BCUT2D eigenvalue weighted by atomic mass is 35.5. The second kappa shape index (κ2) is 9.72. The number of benzene rings is 1. The van der Waals surface area contributed by atoms with Crippen LogP contribution in [-0.2, 0) is 15.9 Å². The van der Waals surface area contributed by atoms with Gasteiger partial charge in [-0.3, -0.25) is 0 Å². The molecule has 0 amide bonds. The minimum absolute atomic E-state index is 0.423. The van der Waals surface area contributed by atoms with Gasteiger partial charge in [-0.25, -0.2) is 9.78 Å². The summed E-state index contributed by atoms with van der Waals surface area (Å²) in [5.74, 6) is -0.556. The zero-order valence-electron chi connectivity index (χ0n) is 16.8. The van der Waals surface area contributed by atoms with Crippen LogP contribution in [0.15, 0.2) is 48.7 Å². The third kappa shape index (κ3) is 5.16. The normalized spacial score (nSPS) is 25.1. The minimum atomic E-state index is -1.75. The van der Waals surface area contributed by atoms with Gasteiger partial charge in [-0.1, -0.05) is 23.7 Å². The maximum Gasteiger partial charge on any atom is 0.508 e. The van der Waals surface area contributed by atoms with Crippen molar-refractivity contribution in [1.29, 1.82) is 0 Å². The number of aromatic nitrogens is 1. The monoisotopic (exact) mass is 495 g/mol. The largest absolute Gasteiger partial charge is 0.508 e. The Labute approximate surface area is 196 Å². The molecule has 1 aromatic carbocycles. The van der Waals surface area contributed by atoms with Crippen LogP contribution >= 0.6 is 22.9 Å². The number of aliphatic hydroxyl groups excluding tert-OH is 3. The average molecular weight is 496 g/mol. The number of carboxylic acid groups (broad SMARTS) is 1. The third-order valence-electron chi connectivity index (χ3n) is 5.22. The smallest absolute Gasteiger partial charge is 0.450 e. The molecule has 1 aliphatic heterocycles. The molecule has 4 rings (SSSR count). The van der Waals surface area contributed by atoms with Gasteiger partial charge >= 0.3 is 6.16 Å². The lowest BCUT2D eigenvalue weighted by Gasteiger charge is -2.39. The van der Waals surface area contributed by atoms with Gasteiger partial charge in [0.15, 0.2) is 0 Å². The lowest BCUT2D eigenvalue weighted by molar-refractivity contribution is -0.285. The van der Waals surface area contributed by atoms with E-state index >= 15 is 0 Å². The number of ether oxygens (including phenoxy) is 2. The Hall–Kier alpha value is -2.60. The summed E-state index contributed by atoms with van der Waals surface area (Å²) in [4.78, 5) is 16.4. The minimum Gasteiger partial charge on any atom is -0.450 e. The second-order valence-corrected chi connectivity index (χ2v) is 9.02. The van der Waals surface area contributed by atoms with E-state index in [-0.39, 0.29) is 0 Å². The lowest BCUT2D eigenvalue weighted by Crippen LogP contribution is -2.55. The molecule has 0 spiro atoms. The number of halogens is 2. The van der Waals surface area contributed by atoms with Gasteiger partial charge in [-0.15, -0.1) is 11.3 Å². The quantitative estimate of drug-likeness (QED) is 0.313. The molecule has 0 saturated carbocycles. The Kier molecular flexibility index (Phi) is 6.94. The predicted molar refractivity (Wildman–Crippen MR) is 117 cm³/mol. The van der Waals surface area contributed by atoms with Crippen LogP contribution in [0.3, 0.4) is 0 Å². The van der Waals surface area contributed by atoms with E-state index in [4.69, 9.17) is 21.4 Å². The number of pyridine rings is 1. The number of nitrogens with zero attached hydrogens (tertiary/aromatic N) is 1. The van der Waals surface area contributed by atoms with Gasteiger partial charge in [-0.05, 0) is 41.5 Å². The van der Waals surface area contributed by atoms with E-state index in [9.17, 15) is 24.5 Å². The lowest BCUT2D eigenvalue weighted by atomic mass is 9.92. The van der Waals surface area contributed by atoms with Crippen LogP contribution in [0.1, 0.15) is 22.1 Å². The fraction of sp³-hybridized carbons (Fsp3) is 0.273. The van der Waals surface area contributed by atoms with Crippen LogP contribution in [0, 0.1) is 5.95 Å². The van der Waals surface area contributed by atoms with Crippen LogP contribution in [0.2, 0.25) is 5.02 Å². The molecule has 8 nitrogen and oxygen atoms in total. The molecule has 5 atom stereocenters. The summed E-state index contributed by atoms with van der Waals surface area (Å²) in [6.45, 7) is 0. The van der Waals surface area contributed by atoms with Crippen LogP contribution in [0.25, 0.3) is 10.4 Å². The fourth-order valence-corrected chi connectivity index (χ4v) is 4.77. The Balaban J connectivity index is 1.56. The van der Waals surface area contributed by atoms with Crippen LogP contribution in [0.5, 0.6) is 0 Å². The van der Waals surface area contributed by atoms with E-state index in [1.54, 1.807) is 24.3 Å². The second-order valence-electron chi connectivity index (χ2n) is 7.44. The average Bonchev–Trinajstić information content (AvgIpc) is 3.24. The highest BCUT2D eigenvalue weighted by molar-refractivity contribution is 7.15. The number of thiophene rings is 1. The summed E-state index contributed by atoms with van der Waals surface area (Å²) < 4.78 is 23.0. The standard InChI is InChI=1S/C22H19ClFNO7S/c23-14-4-1-10(20-18(27)17(26)19(28)21(31-20)32-22(29)30)7-12(14)8-13-3-5-15(33-13)11-2-6-16(24)25-9-11/h1-7,9,17-21,26-28H,8H2,(H,29,30). The molecular weight excluding hydrogens is 477 g/mol. The highest BCUT2D eigenvalue weighted by Crippen LogP contribution is 2.36. The van der Waals surface area contributed by atoms with Crippen molar-refractivity contribution < 1.29 is 39.1 Å². The predicted octanol–water partition coefficient (Wildman–Crippen LogP) is 3.37. The molecule has 3 heterocycles. The van der Waals surface area contributed by atoms with Crippen LogP contribution in [-0.4, -0.2) is 56.2 Å². The molecule has 0 aliphatic carbocycles. The molecule has 0 bridgehead atoms. The Morgan fingerprint density at radius 2 is 1.91 bits per heavy atom. The van der Waals surface area contributed by atoms with Crippen molar-refractivity contribution >= 4 is 29.1 Å². The van der Waals surface area contributed by atoms with Crippen molar-refractivity contribution in [2.24, 2.45) is 0 Å². The number of hydrogen-bond donors (Lipinski definition) is 4. The van der Waals surface area contributed by atoms with E-state index in [1.165, 1.54) is 23.6 Å². The van der Waals surface area contributed by atoms with Gasteiger partial charge in [-0.2, -0.15) is 4.39 Å². The Morgan fingerprint density at radius 1 is 1.12 bits per heavy atom. The van der Waals surface area contributed by atoms with Gasteiger partial charge in [0.1, 0.15) is 24.4 Å². The van der Waals surface area contributed by atoms with Crippen LogP contribution in [0.4, 0.5) is 9.18 Å². The molecule has 2 aromatic heterocycles. The van der Waals surface area contributed by atoms with Crippen molar-refractivity contribution in [2.75, 3.05) is 0 Å². The van der Waals surface area contributed by atoms with Crippen molar-refractivity contribution in [1.82, 2.24) is 4.98 Å². The first-order valence-electron chi connectivity index (χ1n) is 9.81. The molecule has 11 heteroatoms. The van der Waals surface area contributed by atoms with Crippen molar-refractivity contribution in [3.63, 3.8) is 0 Å².